The van der Waals surface area contributed by atoms with Crippen LogP contribution < -0.4 is 15.0 Å². The Bertz CT molecular complexity index is 1260. The third-order valence-corrected chi connectivity index (χ3v) is 6.51. The monoisotopic (exact) mass is 525 g/mol. The largest absolute Gasteiger partial charge is 0.488 e. The highest BCUT2D eigenvalue weighted by atomic mass is 19.2. The number of aryl methyl sites for hydroxylation is 1. The van der Waals surface area contributed by atoms with Gasteiger partial charge >= 0.3 is 0 Å². The molecule has 200 valence electrons. The standard InChI is InChI=1S/C29H30F3N3O3/c1-34(16-15-20-6-3-2-4-7-20)29(37)25-18-33-19-26(36)35(25)22-11-9-21(10-12-22)8-5-17-38-28-24(31)14-13-23(30)27(28)32/h2-4,6-7,9-14,25,33H,5,8,15-19H2,1H3/t25-/m1/s1. The maximum absolute atomic E-state index is 13.7. The molecule has 1 saturated heterocycles. The van der Waals surface area contributed by atoms with E-state index in [9.17, 15) is 22.8 Å². The van der Waals surface area contributed by atoms with E-state index in [4.69, 9.17) is 4.74 Å². The SMILES string of the molecule is CN(CCc1ccccc1)C(=O)[C@H]1CNCC(=O)N1c1ccc(CCCOc2c(F)ccc(F)c2F)cc1. The Morgan fingerprint density at radius 2 is 1.66 bits per heavy atom. The molecule has 1 fully saturated rings. The molecular weight excluding hydrogens is 495 g/mol. The lowest BCUT2D eigenvalue weighted by molar-refractivity contribution is -0.134. The summed E-state index contributed by atoms with van der Waals surface area (Å²) in [6.45, 7) is 1.03. The van der Waals surface area contributed by atoms with Crippen LogP contribution in [0.3, 0.4) is 0 Å². The molecule has 0 bridgehead atoms. The summed E-state index contributed by atoms with van der Waals surface area (Å²) in [6, 6.07) is 18.0. The number of nitrogens with zero attached hydrogens (tertiary/aromatic N) is 2. The Hall–Kier alpha value is -3.85. The fraction of sp³-hybridized carbons (Fsp3) is 0.310. The summed E-state index contributed by atoms with van der Waals surface area (Å²) < 4.78 is 45.8. The highest BCUT2D eigenvalue weighted by molar-refractivity contribution is 6.02. The number of benzene rings is 3. The summed E-state index contributed by atoms with van der Waals surface area (Å²) in [7, 11) is 1.75. The first-order chi connectivity index (χ1) is 18.3. The van der Waals surface area contributed by atoms with Crippen molar-refractivity contribution in [1.29, 1.82) is 0 Å². The first-order valence-corrected chi connectivity index (χ1v) is 12.5. The Morgan fingerprint density at radius 1 is 0.974 bits per heavy atom. The van der Waals surface area contributed by atoms with E-state index in [-0.39, 0.29) is 25.0 Å². The predicted octanol–water partition coefficient (Wildman–Crippen LogP) is 4.12. The summed E-state index contributed by atoms with van der Waals surface area (Å²) in [5.41, 5.74) is 2.67. The number of carbonyl (C=O) groups excluding carboxylic acids is 2. The lowest BCUT2D eigenvalue weighted by Gasteiger charge is -2.37. The number of halogens is 3. The Labute approximate surface area is 220 Å². The smallest absolute Gasteiger partial charge is 0.246 e. The molecule has 6 nitrogen and oxygen atoms in total. The van der Waals surface area contributed by atoms with Crippen LogP contribution in [0.4, 0.5) is 18.9 Å². The zero-order chi connectivity index (χ0) is 27.1. The zero-order valence-electron chi connectivity index (χ0n) is 21.1. The van der Waals surface area contributed by atoms with Gasteiger partial charge in [-0.05, 0) is 54.7 Å². The number of likely N-dealkylation sites (N-methyl/N-ethyl adjacent to an activating group) is 1. The second-order valence-electron chi connectivity index (χ2n) is 9.20. The van der Waals surface area contributed by atoms with Gasteiger partial charge in [-0.3, -0.25) is 14.5 Å². The van der Waals surface area contributed by atoms with Crippen LogP contribution in [0.5, 0.6) is 5.75 Å². The molecule has 0 aliphatic carbocycles. The minimum absolute atomic E-state index is 0.00121. The van der Waals surface area contributed by atoms with Gasteiger partial charge in [-0.2, -0.15) is 4.39 Å². The second-order valence-corrected chi connectivity index (χ2v) is 9.20. The number of hydrogen-bond donors (Lipinski definition) is 1. The molecule has 38 heavy (non-hydrogen) atoms. The van der Waals surface area contributed by atoms with Crippen LogP contribution in [0.2, 0.25) is 0 Å². The van der Waals surface area contributed by atoms with Crippen LogP contribution in [0.1, 0.15) is 17.5 Å². The normalized spacial score (nSPS) is 15.4. The summed E-state index contributed by atoms with van der Waals surface area (Å²) in [4.78, 5) is 29.3. The maximum atomic E-state index is 13.7. The number of hydrogen-bond acceptors (Lipinski definition) is 4. The third kappa shape index (κ3) is 6.52. The van der Waals surface area contributed by atoms with Crippen LogP contribution in [0, 0.1) is 17.5 Å². The molecule has 1 atom stereocenters. The quantitative estimate of drug-likeness (QED) is 0.320. The number of ether oxygens (including phenoxy) is 1. The third-order valence-electron chi connectivity index (χ3n) is 6.51. The minimum Gasteiger partial charge on any atom is -0.488 e. The number of piperazine rings is 1. The van der Waals surface area contributed by atoms with E-state index in [1.165, 1.54) is 0 Å². The van der Waals surface area contributed by atoms with E-state index in [0.29, 0.717) is 44.1 Å². The summed E-state index contributed by atoms with van der Waals surface area (Å²) in [5.74, 6) is -4.51. The molecule has 3 aromatic carbocycles. The highest BCUT2D eigenvalue weighted by Crippen LogP contribution is 2.25. The van der Waals surface area contributed by atoms with Gasteiger partial charge in [0.2, 0.25) is 17.6 Å². The molecule has 1 heterocycles. The van der Waals surface area contributed by atoms with Gasteiger partial charge in [-0.1, -0.05) is 42.5 Å². The van der Waals surface area contributed by atoms with Crippen molar-refractivity contribution in [2.75, 3.05) is 38.2 Å². The van der Waals surface area contributed by atoms with E-state index in [2.05, 4.69) is 5.32 Å². The van der Waals surface area contributed by atoms with Crippen molar-refractivity contribution in [3.63, 3.8) is 0 Å². The number of nitrogens with one attached hydrogen (secondary N) is 1. The van der Waals surface area contributed by atoms with Gasteiger partial charge in [0.1, 0.15) is 6.04 Å². The van der Waals surface area contributed by atoms with E-state index >= 15 is 0 Å². The van der Waals surface area contributed by atoms with Gasteiger partial charge in [0.25, 0.3) is 0 Å². The second kappa shape index (κ2) is 12.6. The Kier molecular flexibility index (Phi) is 9.02. The first kappa shape index (κ1) is 27.2. The fourth-order valence-electron chi connectivity index (χ4n) is 4.41. The van der Waals surface area contributed by atoms with Crippen LogP contribution in [-0.4, -0.2) is 56.0 Å². The summed E-state index contributed by atoms with van der Waals surface area (Å²) >= 11 is 0. The van der Waals surface area contributed by atoms with E-state index in [0.717, 1.165) is 17.2 Å². The molecule has 3 aromatic rings. The number of anilines is 1. The fourth-order valence-corrected chi connectivity index (χ4v) is 4.41. The summed E-state index contributed by atoms with van der Waals surface area (Å²) in [6.07, 6.45) is 1.70. The lowest BCUT2D eigenvalue weighted by atomic mass is 10.1. The van der Waals surface area contributed by atoms with Gasteiger partial charge in [-0.25, -0.2) is 8.78 Å². The van der Waals surface area contributed by atoms with Crippen LogP contribution in [0.15, 0.2) is 66.7 Å². The average Bonchev–Trinajstić information content (AvgIpc) is 2.94. The lowest BCUT2D eigenvalue weighted by Crippen LogP contribution is -2.61. The molecule has 9 heteroatoms. The molecule has 0 saturated carbocycles. The van der Waals surface area contributed by atoms with Gasteiger partial charge in [0.15, 0.2) is 17.4 Å². The average molecular weight is 526 g/mol. The van der Waals surface area contributed by atoms with Crippen molar-refractivity contribution in [2.45, 2.75) is 25.3 Å². The number of rotatable bonds is 10. The van der Waals surface area contributed by atoms with Gasteiger partial charge in [0, 0.05) is 25.8 Å². The van der Waals surface area contributed by atoms with Crippen LogP contribution in [0.25, 0.3) is 0 Å². The van der Waals surface area contributed by atoms with Gasteiger partial charge in [0.05, 0.1) is 13.2 Å². The molecule has 4 rings (SSSR count). The molecule has 0 radical (unpaired) electrons. The van der Waals surface area contributed by atoms with E-state index < -0.39 is 29.2 Å². The van der Waals surface area contributed by atoms with Crippen molar-refractivity contribution < 1.29 is 27.5 Å². The molecule has 2 amide bonds. The molecular formula is C29H30F3N3O3. The number of amides is 2. The first-order valence-electron chi connectivity index (χ1n) is 12.5. The van der Waals surface area contributed by atoms with Crippen molar-refractivity contribution in [3.05, 3.63) is 95.3 Å². The molecule has 0 spiro atoms. The Balaban J connectivity index is 1.34. The van der Waals surface area contributed by atoms with Crippen molar-refractivity contribution in [1.82, 2.24) is 10.2 Å². The molecule has 0 unspecified atom stereocenters. The van der Waals surface area contributed by atoms with Crippen molar-refractivity contribution in [2.24, 2.45) is 0 Å². The van der Waals surface area contributed by atoms with Gasteiger partial charge < -0.3 is 15.0 Å². The molecule has 1 aliphatic rings. The zero-order valence-corrected chi connectivity index (χ0v) is 21.1. The molecule has 1 N–H and O–H groups in total. The highest BCUT2D eigenvalue weighted by Gasteiger charge is 2.35. The number of carbonyl (C=O) groups is 2. The van der Waals surface area contributed by atoms with E-state index in [1.54, 1.807) is 29.0 Å². The molecule has 1 aliphatic heterocycles. The van der Waals surface area contributed by atoms with E-state index in [1.807, 2.05) is 42.5 Å². The Morgan fingerprint density at radius 3 is 2.39 bits per heavy atom. The van der Waals surface area contributed by atoms with Crippen LogP contribution in [-0.2, 0) is 22.4 Å². The van der Waals surface area contributed by atoms with Crippen LogP contribution >= 0.6 is 0 Å². The predicted molar refractivity (Wildman–Crippen MR) is 139 cm³/mol. The topological polar surface area (TPSA) is 61.9 Å². The van der Waals surface area contributed by atoms with Crippen molar-refractivity contribution >= 4 is 17.5 Å². The summed E-state index contributed by atoms with van der Waals surface area (Å²) in [5, 5.41) is 3.04. The maximum Gasteiger partial charge on any atom is 0.246 e. The minimum atomic E-state index is -1.34. The van der Waals surface area contributed by atoms with Crippen molar-refractivity contribution in [3.8, 4) is 5.75 Å². The molecule has 0 aromatic heterocycles. The van der Waals surface area contributed by atoms with Gasteiger partial charge in [-0.15, -0.1) is 0 Å².